The highest BCUT2D eigenvalue weighted by Crippen LogP contribution is 2.27. The summed E-state index contributed by atoms with van der Waals surface area (Å²) >= 11 is 5.73. The Morgan fingerprint density at radius 2 is 1.96 bits per heavy atom. The second kappa shape index (κ2) is 7.36. The van der Waals surface area contributed by atoms with Crippen LogP contribution >= 0.6 is 11.6 Å². The maximum atomic E-state index is 13.9. The molecule has 0 bridgehead atoms. The van der Waals surface area contributed by atoms with E-state index in [2.05, 4.69) is 20.4 Å². The van der Waals surface area contributed by atoms with E-state index in [9.17, 15) is 8.78 Å². The lowest BCUT2D eigenvalue weighted by Crippen LogP contribution is -2.17. The summed E-state index contributed by atoms with van der Waals surface area (Å²) < 4.78 is 34.3. The van der Waals surface area contributed by atoms with Gasteiger partial charge in [0.15, 0.2) is 0 Å². The van der Waals surface area contributed by atoms with Gasteiger partial charge in [-0.15, -0.1) is 5.10 Å². The Kier molecular flexibility index (Phi) is 4.92. The molecule has 1 N–H and O–H groups in total. The molecule has 3 heterocycles. The van der Waals surface area contributed by atoms with Gasteiger partial charge in [0.05, 0.1) is 10.7 Å². The molecule has 0 radical (unpaired) electrons. The van der Waals surface area contributed by atoms with Crippen molar-refractivity contribution in [2.75, 3.05) is 18.5 Å². The van der Waals surface area contributed by atoms with Gasteiger partial charge in [0.1, 0.15) is 11.6 Å². The Bertz CT molecular complexity index is 988. The molecule has 1 saturated heterocycles. The maximum absolute atomic E-state index is 13.9. The van der Waals surface area contributed by atoms with Crippen LogP contribution in [0.15, 0.2) is 18.2 Å². The first-order valence-electron chi connectivity index (χ1n) is 8.70. The number of hydrogen-bond donors (Lipinski definition) is 1. The summed E-state index contributed by atoms with van der Waals surface area (Å²) in [5.74, 6) is -0.335. The Morgan fingerprint density at radius 3 is 2.74 bits per heavy atom. The van der Waals surface area contributed by atoms with Gasteiger partial charge in [-0.2, -0.15) is 9.50 Å². The molecule has 0 aliphatic carbocycles. The van der Waals surface area contributed by atoms with Gasteiger partial charge in [-0.1, -0.05) is 11.6 Å². The van der Waals surface area contributed by atoms with Crippen molar-refractivity contribution in [2.45, 2.75) is 32.2 Å². The predicted molar refractivity (Wildman–Crippen MR) is 97.0 cm³/mol. The summed E-state index contributed by atoms with van der Waals surface area (Å²) in [6, 6.07) is 4.04. The fourth-order valence-corrected chi connectivity index (χ4v) is 3.43. The van der Waals surface area contributed by atoms with Crippen LogP contribution in [0, 0.1) is 18.6 Å². The summed E-state index contributed by atoms with van der Waals surface area (Å²) in [4.78, 5) is 8.81. The van der Waals surface area contributed by atoms with Gasteiger partial charge in [-0.05, 0) is 31.9 Å². The lowest BCUT2D eigenvalue weighted by Gasteiger charge is -2.22. The number of halogens is 3. The van der Waals surface area contributed by atoms with Gasteiger partial charge in [-0.25, -0.2) is 13.8 Å². The SMILES string of the molecule is Cc1cc(C2CCOCC2)n2nc(NCc3cc(Cl)c(F)cc3F)nc2n1. The van der Waals surface area contributed by atoms with E-state index in [0.717, 1.165) is 43.5 Å². The average molecular weight is 394 g/mol. The standard InChI is InChI=1S/C18H18ClF2N5O/c1-10-6-16(11-2-4-27-5-3-11)26-18(23-10)24-17(25-26)22-9-12-7-13(19)15(21)8-14(12)20/h6-8,11H,2-5,9H2,1H3,(H,22,25). The van der Waals surface area contributed by atoms with Crippen LogP contribution in [0.2, 0.25) is 5.02 Å². The van der Waals surface area contributed by atoms with E-state index in [4.69, 9.17) is 16.3 Å². The molecule has 0 saturated carbocycles. The number of ether oxygens (including phenoxy) is 1. The topological polar surface area (TPSA) is 64.3 Å². The molecule has 4 rings (SSSR count). The molecule has 1 aliphatic heterocycles. The van der Waals surface area contributed by atoms with Crippen molar-refractivity contribution in [3.63, 3.8) is 0 Å². The number of anilines is 1. The van der Waals surface area contributed by atoms with Crippen molar-refractivity contribution in [3.8, 4) is 0 Å². The highest BCUT2D eigenvalue weighted by Gasteiger charge is 2.21. The molecule has 142 valence electrons. The Hall–Kier alpha value is -2.32. The zero-order chi connectivity index (χ0) is 19.0. The normalized spacial score (nSPS) is 15.4. The molecule has 0 spiro atoms. The van der Waals surface area contributed by atoms with Gasteiger partial charge in [0.2, 0.25) is 5.95 Å². The molecule has 2 aromatic heterocycles. The first kappa shape index (κ1) is 18.1. The van der Waals surface area contributed by atoms with E-state index in [-0.39, 0.29) is 17.1 Å². The molecular weight excluding hydrogens is 376 g/mol. The van der Waals surface area contributed by atoms with Gasteiger partial charge < -0.3 is 10.1 Å². The molecule has 6 nitrogen and oxygen atoms in total. The van der Waals surface area contributed by atoms with Crippen molar-refractivity contribution in [3.05, 3.63) is 51.8 Å². The molecule has 0 amide bonds. The Morgan fingerprint density at radius 1 is 1.19 bits per heavy atom. The monoisotopic (exact) mass is 393 g/mol. The molecule has 3 aromatic rings. The van der Waals surface area contributed by atoms with Crippen LogP contribution in [-0.4, -0.2) is 32.8 Å². The lowest BCUT2D eigenvalue weighted by molar-refractivity contribution is 0.0840. The number of rotatable bonds is 4. The molecule has 1 aliphatic rings. The zero-order valence-electron chi connectivity index (χ0n) is 14.7. The number of hydrogen-bond acceptors (Lipinski definition) is 5. The number of benzene rings is 1. The summed E-state index contributed by atoms with van der Waals surface area (Å²) in [5.41, 5.74) is 2.13. The van der Waals surface area contributed by atoms with Crippen LogP contribution in [-0.2, 0) is 11.3 Å². The maximum Gasteiger partial charge on any atom is 0.254 e. The first-order valence-corrected chi connectivity index (χ1v) is 9.08. The van der Waals surface area contributed by atoms with Crippen LogP contribution in [0.5, 0.6) is 0 Å². The van der Waals surface area contributed by atoms with Crippen LogP contribution < -0.4 is 5.32 Å². The van der Waals surface area contributed by atoms with E-state index < -0.39 is 11.6 Å². The van der Waals surface area contributed by atoms with Crippen molar-refractivity contribution in [2.24, 2.45) is 0 Å². The quantitative estimate of drug-likeness (QED) is 0.682. The fraction of sp³-hybridized carbons (Fsp3) is 0.389. The number of aryl methyl sites for hydroxylation is 1. The number of fused-ring (bicyclic) bond motifs is 1. The number of nitrogens with zero attached hydrogens (tertiary/aromatic N) is 4. The van der Waals surface area contributed by atoms with Gasteiger partial charge in [0.25, 0.3) is 5.78 Å². The first-order chi connectivity index (χ1) is 13.0. The lowest BCUT2D eigenvalue weighted by atomic mass is 9.96. The van der Waals surface area contributed by atoms with E-state index in [1.165, 1.54) is 6.07 Å². The smallest absolute Gasteiger partial charge is 0.254 e. The van der Waals surface area contributed by atoms with Crippen molar-refractivity contribution >= 4 is 23.3 Å². The number of nitrogens with one attached hydrogen (secondary N) is 1. The van der Waals surface area contributed by atoms with E-state index in [1.54, 1.807) is 4.52 Å². The van der Waals surface area contributed by atoms with Crippen molar-refractivity contribution in [1.29, 1.82) is 0 Å². The largest absolute Gasteiger partial charge is 0.381 e. The molecule has 27 heavy (non-hydrogen) atoms. The van der Waals surface area contributed by atoms with Gasteiger partial charge in [-0.3, -0.25) is 0 Å². The highest BCUT2D eigenvalue weighted by molar-refractivity contribution is 6.30. The fourth-order valence-electron chi connectivity index (χ4n) is 3.25. The van der Waals surface area contributed by atoms with Crippen molar-refractivity contribution in [1.82, 2.24) is 19.6 Å². The van der Waals surface area contributed by atoms with Crippen molar-refractivity contribution < 1.29 is 13.5 Å². The third-order valence-electron chi connectivity index (χ3n) is 4.63. The van der Waals surface area contributed by atoms with Crippen LogP contribution in [0.4, 0.5) is 14.7 Å². The third-order valence-corrected chi connectivity index (χ3v) is 4.92. The second-order valence-electron chi connectivity index (χ2n) is 6.57. The highest BCUT2D eigenvalue weighted by atomic mass is 35.5. The van der Waals surface area contributed by atoms with E-state index >= 15 is 0 Å². The Labute approximate surface area is 159 Å². The third kappa shape index (κ3) is 3.72. The molecule has 9 heteroatoms. The molecule has 1 fully saturated rings. The van der Waals surface area contributed by atoms with E-state index in [1.807, 2.05) is 13.0 Å². The summed E-state index contributed by atoms with van der Waals surface area (Å²) in [5, 5.41) is 7.30. The molecule has 0 unspecified atom stereocenters. The van der Waals surface area contributed by atoms with Crippen LogP contribution in [0.3, 0.4) is 0 Å². The molecule has 0 atom stereocenters. The minimum Gasteiger partial charge on any atom is -0.381 e. The summed E-state index contributed by atoms with van der Waals surface area (Å²) in [6.07, 6.45) is 1.83. The predicted octanol–water partition coefficient (Wildman–Crippen LogP) is 3.87. The Balaban J connectivity index is 1.61. The van der Waals surface area contributed by atoms with E-state index in [0.29, 0.717) is 17.6 Å². The zero-order valence-corrected chi connectivity index (χ0v) is 15.4. The number of aromatic nitrogens is 4. The van der Waals surface area contributed by atoms with Crippen LogP contribution in [0.1, 0.15) is 35.7 Å². The minimum absolute atomic E-state index is 0.0777. The minimum atomic E-state index is -0.787. The average Bonchev–Trinajstić information content (AvgIpc) is 3.06. The van der Waals surface area contributed by atoms with Crippen LogP contribution in [0.25, 0.3) is 5.78 Å². The second-order valence-corrected chi connectivity index (χ2v) is 6.97. The summed E-state index contributed by atoms with van der Waals surface area (Å²) in [7, 11) is 0. The molecule has 1 aromatic carbocycles. The van der Waals surface area contributed by atoms with Gasteiger partial charge in [0, 0.05) is 43.0 Å². The molecular formula is C18H18ClF2N5O. The van der Waals surface area contributed by atoms with Gasteiger partial charge >= 0.3 is 0 Å². The summed E-state index contributed by atoms with van der Waals surface area (Å²) in [6.45, 7) is 3.44.